The van der Waals surface area contributed by atoms with Gasteiger partial charge in [-0.25, -0.2) is 0 Å². The molecule has 0 bridgehead atoms. The molecule has 2 saturated heterocycles. The van der Waals surface area contributed by atoms with E-state index in [1.54, 1.807) is 11.3 Å². The van der Waals surface area contributed by atoms with Gasteiger partial charge in [0.25, 0.3) is 0 Å². The van der Waals surface area contributed by atoms with Crippen molar-refractivity contribution in [3.05, 3.63) is 22.4 Å². The molecule has 0 aromatic carbocycles. The zero-order chi connectivity index (χ0) is 13.2. The smallest absolute Gasteiger partial charge is 0.234 e. The minimum Gasteiger partial charge on any atom is -0.350 e. The highest BCUT2D eigenvalue weighted by atomic mass is 32.1. The van der Waals surface area contributed by atoms with Gasteiger partial charge in [0, 0.05) is 17.5 Å². The molecular weight excluding hydrogens is 258 g/mol. The van der Waals surface area contributed by atoms with Crippen molar-refractivity contribution in [2.24, 2.45) is 11.8 Å². The zero-order valence-corrected chi connectivity index (χ0v) is 12.1. The number of fused-ring (bicyclic) bond motifs is 1. The van der Waals surface area contributed by atoms with E-state index < -0.39 is 0 Å². The van der Waals surface area contributed by atoms with Gasteiger partial charge < -0.3 is 10.6 Å². The van der Waals surface area contributed by atoms with E-state index in [4.69, 9.17) is 0 Å². The highest BCUT2D eigenvalue weighted by Gasteiger charge is 2.41. The van der Waals surface area contributed by atoms with E-state index >= 15 is 0 Å². The second-order valence-corrected chi connectivity index (χ2v) is 6.64. The topological polar surface area (TPSA) is 44.4 Å². The maximum absolute atomic E-state index is 12.0. The molecule has 0 saturated carbocycles. The molecule has 3 atom stereocenters. The summed E-state index contributed by atoms with van der Waals surface area (Å²) in [4.78, 5) is 15.5. The van der Waals surface area contributed by atoms with Crippen LogP contribution in [0.1, 0.15) is 11.8 Å². The monoisotopic (exact) mass is 279 g/mol. The van der Waals surface area contributed by atoms with Crippen molar-refractivity contribution in [2.45, 2.75) is 19.5 Å². The Hall–Kier alpha value is -0.910. The molecule has 2 aliphatic heterocycles. The SMILES string of the molecule is CC1C2CNCC2CN1CC(=O)NCc1cccs1. The van der Waals surface area contributed by atoms with Crippen LogP contribution in [0.4, 0.5) is 0 Å². The van der Waals surface area contributed by atoms with Gasteiger partial charge in [-0.05, 0) is 43.3 Å². The Morgan fingerprint density at radius 2 is 2.47 bits per heavy atom. The van der Waals surface area contributed by atoms with Gasteiger partial charge in [-0.15, -0.1) is 11.3 Å². The number of carbonyl (C=O) groups is 1. The molecule has 2 fully saturated rings. The number of thiophene rings is 1. The van der Waals surface area contributed by atoms with Gasteiger partial charge in [0.1, 0.15) is 0 Å². The lowest BCUT2D eigenvalue weighted by Gasteiger charge is -2.23. The first-order valence-corrected chi connectivity index (χ1v) is 7.86. The highest BCUT2D eigenvalue weighted by Crippen LogP contribution is 2.31. The first kappa shape index (κ1) is 13.1. The summed E-state index contributed by atoms with van der Waals surface area (Å²) in [5.41, 5.74) is 0. The van der Waals surface area contributed by atoms with Crippen LogP contribution in [0.2, 0.25) is 0 Å². The van der Waals surface area contributed by atoms with Crippen LogP contribution in [-0.2, 0) is 11.3 Å². The van der Waals surface area contributed by atoms with Gasteiger partial charge in [-0.1, -0.05) is 6.07 Å². The van der Waals surface area contributed by atoms with Gasteiger partial charge in [-0.2, -0.15) is 0 Å². The third kappa shape index (κ3) is 2.83. The summed E-state index contributed by atoms with van der Waals surface area (Å²) in [6.07, 6.45) is 0. The molecule has 3 heterocycles. The number of hydrogen-bond donors (Lipinski definition) is 2. The largest absolute Gasteiger partial charge is 0.350 e. The van der Waals surface area contributed by atoms with Crippen molar-refractivity contribution in [2.75, 3.05) is 26.2 Å². The average Bonchev–Trinajstić information content (AvgIpc) is 3.09. The molecule has 2 aliphatic rings. The fourth-order valence-electron chi connectivity index (χ4n) is 3.30. The average molecular weight is 279 g/mol. The van der Waals surface area contributed by atoms with E-state index in [2.05, 4.69) is 28.5 Å². The number of likely N-dealkylation sites (tertiary alicyclic amines) is 1. The molecule has 1 aromatic heterocycles. The third-order valence-corrected chi connectivity index (χ3v) is 5.32. The fraction of sp³-hybridized carbons (Fsp3) is 0.643. The molecule has 5 heteroatoms. The summed E-state index contributed by atoms with van der Waals surface area (Å²) in [5.74, 6) is 1.61. The lowest BCUT2D eigenvalue weighted by molar-refractivity contribution is -0.122. The molecule has 4 nitrogen and oxygen atoms in total. The van der Waals surface area contributed by atoms with E-state index in [0.717, 1.165) is 31.5 Å². The summed E-state index contributed by atoms with van der Waals surface area (Å²) in [5, 5.41) is 8.50. The van der Waals surface area contributed by atoms with E-state index in [1.165, 1.54) is 4.88 Å². The normalized spacial score (nSPS) is 30.5. The number of nitrogens with zero attached hydrogens (tertiary/aromatic N) is 1. The first-order chi connectivity index (χ1) is 9.24. The lowest BCUT2D eigenvalue weighted by Crippen LogP contribution is -2.41. The van der Waals surface area contributed by atoms with E-state index in [9.17, 15) is 4.79 Å². The molecule has 1 amide bonds. The van der Waals surface area contributed by atoms with Crippen LogP contribution in [0, 0.1) is 11.8 Å². The van der Waals surface area contributed by atoms with Gasteiger partial charge >= 0.3 is 0 Å². The second-order valence-electron chi connectivity index (χ2n) is 5.61. The van der Waals surface area contributed by atoms with Gasteiger partial charge in [0.2, 0.25) is 5.91 Å². The van der Waals surface area contributed by atoms with Gasteiger partial charge in [-0.3, -0.25) is 9.69 Å². The highest BCUT2D eigenvalue weighted by molar-refractivity contribution is 7.09. The molecule has 0 aliphatic carbocycles. The molecule has 0 radical (unpaired) electrons. The number of rotatable bonds is 4. The zero-order valence-electron chi connectivity index (χ0n) is 11.3. The minimum absolute atomic E-state index is 0.146. The molecule has 3 rings (SSSR count). The third-order valence-electron chi connectivity index (χ3n) is 4.44. The Labute approximate surface area is 118 Å². The Kier molecular flexibility index (Phi) is 3.86. The standard InChI is InChI=1S/C14H21N3OS/c1-10-13-7-15-5-11(13)8-17(10)9-14(18)16-6-12-3-2-4-19-12/h2-4,10-11,13,15H,5-9H2,1H3,(H,16,18). The van der Waals surface area contributed by atoms with Crippen molar-refractivity contribution in [1.82, 2.24) is 15.5 Å². The van der Waals surface area contributed by atoms with Crippen LogP contribution in [0.25, 0.3) is 0 Å². The van der Waals surface area contributed by atoms with E-state index in [0.29, 0.717) is 19.1 Å². The number of hydrogen-bond acceptors (Lipinski definition) is 4. The van der Waals surface area contributed by atoms with Crippen molar-refractivity contribution in [3.63, 3.8) is 0 Å². The summed E-state index contributed by atoms with van der Waals surface area (Å²) >= 11 is 1.69. The summed E-state index contributed by atoms with van der Waals surface area (Å²) in [6.45, 7) is 6.74. The van der Waals surface area contributed by atoms with Crippen molar-refractivity contribution >= 4 is 17.2 Å². The summed E-state index contributed by atoms with van der Waals surface area (Å²) < 4.78 is 0. The van der Waals surface area contributed by atoms with E-state index in [1.807, 2.05) is 11.4 Å². The van der Waals surface area contributed by atoms with Gasteiger partial charge in [0.05, 0.1) is 13.1 Å². The van der Waals surface area contributed by atoms with Crippen molar-refractivity contribution in [1.29, 1.82) is 0 Å². The molecule has 19 heavy (non-hydrogen) atoms. The van der Waals surface area contributed by atoms with Gasteiger partial charge in [0.15, 0.2) is 0 Å². The lowest BCUT2D eigenvalue weighted by atomic mass is 9.95. The van der Waals surface area contributed by atoms with Crippen LogP contribution in [0.3, 0.4) is 0 Å². The van der Waals surface area contributed by atoms with Crippen molar-refractivity contribution < 1.29 is 4.79 Å². The Morgan fingerprint density at radius 1 is 1.58 bits per heavy atom. The predicted molar refractivity (Wildman–Crippen MR) is 77.1 cm³/mol. The summed E-state index contributed by atoms with van der Waals surface area (Å²) in [7, 11) is 0. The van der Waals surface area contributed by atoms with Crippen LogP contribution in [0.15, 0.2) is 17.5 Å². The molecule has 2 N–H and O–H groups in total. The van der Waals surface area contributed by atoms with E-state index in [-0.39, 0.29) is 5.91 Å². The molecule has 0 spiro atoms. The predicted octanol–water partition coefficient (Wildman–Crippen LogP) is 0.904. The van der Waals surface area contributed by atoms with Crippen LogP contribution in [-0.4, -0.2) is 43.0 Å². The Balaban J connectivity index is 1.47. The Morgan fingerprint density at radius 3 is 3.21 bits per heavy atom. The number of carbonyl (C=O) groups excluding carboxylic acids is 1. The van der Waals surface area contributed by atoms with Crippen molar-refractivity contribution in [3.8, 4) is 0 Å². The number of nitrogens with one attached hydrogen (secondary N) is 2. The minimum atomic E-state index is 0.146. The van der Waals surface area contributed by atoms with Crippen LogP contribution in [0.5, 0.6) is 0 Å². The molecule has 104 valence electrons. The maximum Gasteiger partial charge on any atom is 0.234 e. The Bertz CT molecular complexity index is 434. The molecule has 3 unspecified atom stereocenters. The quantitative estimate of drug-likeness (QED) is 0.861. The van der Waals surface area contributed by atoms with Crippen LogP contribution < -0.4 is 10.6 Å². The van der Waals surface area contributed by atoms with Crippen LogP contribution >= 0.6 is 11.3 Å². The maximum atomic E-state index is 12.0. The molecular formula is C14H21N3OS. The summed E-state index contributed by atoms with van der Waals surface area (Å²) in [6, 6.07) is 4.59. The fourth-order valence-corrected chi connectivity index (χ4v) is 3.95. The number of amides is 1. The second kappa shape index (κ2) is 5.61. The first-order valence-electron chi connectivity index (χ1n) is 6.98. The molecule has 1 aromatic rings.